The number of allylic oxidation sites excluding steroid dienone is 1. The molecule has 1 aliphatic rings. The minimum atomic E-state index is 0.168. The van der Waals surface area contributed by atoms with Gasteiger partial charge < -0.3 is 4.90 Å². The van der Waals surface area contributed by atoms with Crippen molar-refractivity contribution in [3.8, 4) is 0 Å². The van der Waals surface area contributed by atoms with Crippen LogP contribution in [-0.4, -0.2) is 24.9 Å². The molecule has 0 aliphatic heterocycles. The molecule has 0 heterocycles. The zero-order valence-electron chi connectivity index (χ0n) is 5.85. The summed E-state index contributed by atoms with van der Waals surface area (Å²) in [5, 5.41) is 0. The molecule has 9 heavy (non-hydrogen) atoms. The maximum absolute atomic E-state index is 11.0. The van der Waals surface area contributed by atoms with Crippen LogP contribution in [0.2, 0.25) is 0 Å². The van der Waals surface area contributed by atoms with Crippen LogP contribution in [0.15, 0.2) is 11.6 Å². The average Bonchev–Trinajstić information content (AvgIpc) is 1.60. The van der Waals surface area contributed by atoms with Gasteiger partial charge in [-0.25, -0.2) is 0 Å². The lowest BCUT2D eigenvalue weighted by Crippen LogP contribution is -2.25. The first-order valence-corrected chi connectivity index (χ1v) is 3.12. The summed E-state index contributed by atoms with van der Waals surface area (Å²) in [5.74, 6) is 0.168. The highest BCUT2D eigenvalue weighted by Crippen LogP contribution is 2.18. The minimum Gasteiger partial charge on any atom is -0.345 e. The third-order valence-corrected chi connectivity index (χ3v) is 1.49. The van der Waals surface area contributed by atoms with E-state index in [0.29, 0.717) is 0 Å². The maximum atomic E-state index is 11.0. The van der Waals surface area contributed by atoms with E-state index in [1.165, 1.54) is 0 Å². The summed E-state index contributed by atoms with van der Waals surface area (Å²) in [4.78, 5) is 12.6. The van der Waals surface area contributed by atoms with E-state index < -0.39 is 0 Å². The van der Waals surface area contributed by atoms with Crippen molar-refractivity contribution in [2.45, 2.75) is 12.8 Å². The summed E-state index contributed by atoms with van der Waals surface area (Å²) in [6, 6.07) is 0. The van der Waals surface area contributed by atoms with E-state index in [4.69, 9.17) is 0 Å². The van der Waals surface area contributed by atoms with Gasteiger partial charge in [0.25, 0.3) is 0 Å². The van der Waals surface area contributed by atoms with Crippen LogP contribution in [0.4, 0.5) is 0 Å². The first-order valence-electron chi connectivity index (χ1n) is 3.12. The molecule has 0 aromatic carbocycles. The Balaban J connectivity index is 2.52. The van der Waals surface area contributed by atoms with Crippen LogP contribution in [0.1, 0.15) is 12.8 Å². The van der Waals surface area contributed by atoms with Crippen LogP contribution in [-0.2, 0) is 4.79 Å². The molecule has 1 aliphatic carbocycles. The summed E-state index contributed by atoms with van der Waals surface area (Å²) in [7, 11) is 3.56. The van der Waals surface area contributed by atoms with Crippen molar-refractivity contribution < 1.29 is 4.79 Å². The van der Waals surface area contributed by atoms with Gasteiger partial charge in [0.1, 0.15) is 0 Å². The smallest absolute Gasteiger partial charge is 0.248 e. The summed E-state index contributed by atoms with van der Waals surface area (Å²) in [6.45, 7) is 0. The SMILES string of the molecule is CN(C)C(=O)C1=CCC1. The second-order valence-corrected chi connectivity index (χ2v) is 2.47. The predicted octanol–water partition coefficient (Wildman–Crippen LogP) is 0.795. The number of likely N-dealkylation sites (N-methyl/N-ethyl adjacent to an activating group) is 1. The quantitative estimate of drug-likeness (QED) is 0.507. The van der Waals surface area contributed by atoms with Crippen LogP contribution in [0.3, 0.4) is 0 Å². The second-order valence-electron chi connectivity index (χ2n) is 2.47. The van der Waals surface area contributed by atoms with Gasteiger partial charge in [-0.2, -0.15) is 0 Å². The van der Waals surface area contributed by atoms with E-state index >= 15 is 0 Å². The molecular weight excluding hydrogens is 114 g/mol. The Morgan fingerprint density at radius 1 is 1.67 bits per heavy atom. The van der Waals surface area contributed by atoms with Gasteiger partial charge >= 0.3 is 0 Å². The van der Waals surface area contributed by atoms with Crippen molar-refractivity contribution in [3.05, 3.63) is 11.6 Å². The van der Waals surface area contributed by atoms with Crippen LogP contribution < -0.4 is 0 Å². The Morgan fingerprint density at radius 2 is 2.22 bits per heavy atom. The predicted molar refractivity (Wildman–Crippen MR) is 36.0 cm³/mol. The zero-order valence-corrected chi connectivity index (χ0v) is 5.85. The maximum Gasteiger partial charge on any atom is 0.248 e. The average molecular weight is 125 g/mol. The molecule has 50 valence electrons. The van der Waals surface area contributed by atoms with E-state index in [1.54, 1.807) is 19.0 Å². The van der Waals surface area contributed by atoms with E-state index in [9.17, 15) is 4.79 Å². The Morgan fingerprint density at radius 3 is 2.33 bits per heavy atom. The summed E-state index contributed by atoms with van der Waals surface area (Å²) < 4.78 is 0. The number of rotatable bonds is 1. The molecular formula is C7H11NO. The first kappa shape index (κ1) is 6.33. The van der Waals surface area contributed by atoms with Gasteiger partial charge in [-0.3, -0.25) is 4.79 Å². The van der Waals surface area contributed by atoms with E-state index in [-0.39, 0.29) is 5.91 Å². The highest BCUT2D eigenvalue weighted by molar-refractivity contribution is 5.94. The summed E-state index contributed by atoms with van der Waals surface area (Å²) in [6.07, 6.45) is 4.04. The van der Waals surface area contributed by atoms with Crippen molar-refractivity contribution in [1.29, 1.82) is 0 Å². The highest BCUT2D eigenvalue weighted by Gasteiger charge is 2.15. The lowest BCUT2D eigenvalue weighted by atomic mass is 9.98. The number of carbonyl (C=O) groups is 1. The number of carbonyl (C=O) groups excluding carboxylic acids is 1. The summed E-state index contributed by atoms with van der Waals surface area (Å²) in [5.41, 5.74) is 0.972. The number of nitrogens with zero attached hydrogens (tertiary/aromatic N) is 1. The molecule has 0 saturated heterocycles. The molecule has 0 unspecified atom stereocenters. The molecule has 0 bridgehead atoms. The lowest BCUT2D eigenvalue weighted by Gasteiger charge is -2.17. The third-order valence-electron chi connectivity index (χ3n) is 1.49. The fourth-order valence-electron chi connectivity index (χ4n) is 0.770. The minimum absolute atomic E-state index is 0.168. The van der Waals surface area contributed by atoms with Crippen molar-refractivity contribution in [3.63, 3.8) is 0 Å². The van der Waals surface area contributed by atoms with Gasteiger partial charge in [-0.05, 0) is 12.8 Å². The normalized spacial score (nSPS) is 16.0. The number of hydrogen-bond acceptors (Lipinski definition) is 1. The molecule has 0 N–H and O–H groups in total. The molecule has 0 radical (unpaired) electrons. The molecule has 0 fully saturated rings. The van der Waals surface area contributed by atoms with Crippen LogP contribution in [0.5, 0.6) is 0 Å². The van der Waals surface area contributed by atoms with Gasteiger partial charge in [-0.1, -0.05) is 6.08 Å². The molecule has 2 heteroatoms. The van der Waals surface area contributed by atoms with Crippen LogP contribution >= 0.6 is 0 Å². The number of hydrogen-bond donors (Lipinski definition) is 0. The molecule has 0 aromatic rings. The Hall–Kier alpha value is -0.790. The molecule has 0 spiro atoms. The monoisotopic (exact) mass is 125 g/mol. The van der Waals surface area contributed by atoms with E-state index in [2.05, 4.69) is 0 Å². The summed E-state index contributed by atoms with van der Waals surface area (Å²) >= 11 is 0. The van der Waals surface area contributed by atoms with Gasteiger partial charge in [0.15, 0.2) is 0 Å². The second kappa shape index (κ2) is 2.21. The van der Waals surface area contributed by atoms with Crippen molar-refractivity contribution in [2.24, 2.45) is 0 Å². The van der Waals surface area contributed by atoms with Crippen LogP contribution in [0.25, 0.3) is 0 Å². The van der Waals surface area contributed by atoms with Crippen molar-refractivity contribution >= 4 is 5.91 Å². The fraction of sp³-hybridized carbons (Fsp3) is 0.571. The number of amides is 1. The molecule has 0 saturated carbocycles. The van der Waals surface area contributed by atoms with Gasteiger partial charge in [0.2, 0.25) is 5.91 Å². The molecule has 0 atom stereocenters. The topological polar surface area (TPSA) is 20.3 Å². The van der Waals surface area contributed by atoms with E-state index in [1.807, 2.05) is 6.08 Å². The van der Waals surface area contributed by atoms with Crippen molar-refractivity contribution in [2.75, 3.05) is 14.1 Å². The Kier molecular flexibility index (Phi) is 1.56. The van der Waals surface area contributed by atoms with E-state index in [0.717, 1.165) is 18.4 Å². The zero-order chi connectivity index (χ0) is 6.85. The van der Waals surface area contributed by atoms with Crippen molar-refractivity contribution in [1.82, 2.24) is 4.90 Å². The third kappa shape index (κ3) is 1.12. The molecule has 0 aromatic heterocycles. The van der Waals surface area contributed by atoms with Crippen LogP contribution in [0, 0.1) is 0 Å². The fourth-order valence-corrected chi connectivity index (χ4v) is 0.770. The Labute approximate surface area is 55.2 Å². The Bertz CT molecular complexity index is 158. The van der Waals surface area contributed by atoms with Gasteiger partial charge in [-0.15, -0.1) is 0 Å². The largest absolute Gasteiger partial charge is 0.345 e. The molecule has 1 rings (SSSR count). The van der Waals surface area contributed by atoms with Gasteiger partial charge in [0, 0.05) is 19.7 Å². The lowest BCUT2D eigenvalue weighted by molar-refractivity contribution is -0.125. The highest BCUT2D eigenvalue weighted by atomic mass is 16.2. The molecule has 2 nitrogen and oxygen atoms in total. The van der Waals surface area contributed by atoms with Gasteiger partial charge in [0.05, 0.1) is 0 Å². The first-order chi connectivity index (χ1) is 4.22. The molecule has 1 amide bonds. The standard InChI is InChI=1S/C7H11NO/c1-8(2)7(9)6-4-3-5-6/h4H,3,5H2,1-2H3.